The molecule has 0 amide bonds. The van der Waals surface area contributed by atoms with Crippen LogP contribution in [-0.2, 0) is 14.2 Å². The van der Waals surface area contributed by atoms with Crippen molar-refractivity contribution in [2.24, 2.45) is 0 Å². The topological polar surface area (TPSA) is 60.0 Å². The molecule has 1 saturated heterocycles. The lowest BCUT2D eigenvalue weighted by atomic mass is 10.1. The Bertz CT molecular complexity index is 156. The summed E-state index contributed by atoms with van der Waals surface area (Å²) < 4.78 is 16.0. The number of aliphatic hydroxyl groups excluding tert-OH is 1. The number of methoxy groups -OCH3 is 1. The molecule has 1 fully saturated rings. The Morgan fingerprint density at radius 2 is 2.36 bits per heavy atom. The zero-order chi connectivity index (χ0) is 10.4. The first-order valence-corrected chi connectivity index (χ1v) is 4.86. The lowest BCUT2D eigenvalue weighted by Gasteiger charge is -2.34. The number of nitrogens with one attached hydrogen (secondary N) is 1. The average molecular weight is 205 g/mol. The number of aliphatic hydroxyl groups is 1. The van der Waals surface area contributed by atoms with Crippen LogP contribution in [0.4, 0.5) is 0 Å². The van der Waals surface area contributed by atoms with Crippen LogP contribution in [0.15, 0.2) is 0 Å². The van der Waals surface area contributed by atoms with Gasteiger partial charge in [-0.2, -0.15) is 0 Å². The molecule has 0 radical (unpaired) electrons. The van der Waals surface area contributed by atoms with Crippen molar-refractivity contribution in [2.75, 3.05) is 34.0 Å². The Morgan fingerprint density at radius 3 is 2.93 bits per heavy atom. The first kappa shape index (κ1) is 11.9. The quantitative estimate of drug-likeness (QED) is 0.624. The molecular weight excluding hydrogens is 186 g/mol. The monoisotopic (exact) mass is 205 g/mol. The molecule has 5 heteroatoms. The fourth-order valence-electron chi connectivity index (χ4n) is 1.57. The van der Waals surface area contributed by atoms with E-state index >= 15 is 0 Å². The van der Waals surface area contributed by atoms with Gasteiger partial charge in [0.05, 0.1) is 32.0 Å². The van der Waals surface area contributed by atoms with Crippen LogP contribution < -0.4 is 5.32 Å². The number of ether oxygens (including phenoxy) is 3. The molecule has 0 unspecified atom stereocenters. The number of rotatable bonds is 5. The van der Waals surface area contributed by atoms with E-state index < -0.39 is 0 Å². The van der Waals surface area contributed by atoms with Crippen molar-refractivity contribution < 1.29 is 19.3 Å². The SMILES string of the molecule is CN[C@H]1CO[C@@H](OCCO)C[C@@H]1OC. The summed E-state index contributed by atoms with van der Waals surface area (Å²) in [6.45, 7) is 0.906. The van der Waals surface area contributed by atoms with Crippen LogP contribution in [0.2, 0.25) is 0 Å². The summed E-state index contributed by atoms with van der Waals surface area (Å²) in [6.07, 6.45) is 0.552. The molecule has 84 valence electrons. The van der Waals surface area contributed by atoms with Gasteiger partial charge in [0, 0.05) is 13.5 Å². The van der Waals surface area contributed by atoms with Crippen LogP contribution in [0.25, 0.3) is 0 Å². The van der Waals surface area contributed by atoms with E-state index in [-0.39, 0.29) is 25.0 Å². The standard InChI is InChI=1S/C9H19NO4/c1-10-7-6-14-9(13-4-3-11)5-8(7)12-2/h7-11H,3-6H2,1-2H3/t7-,8-,9+/m0/s1. The van der Waals surface area contributed by atoms with Gasteiger partial charge in [0.25, 0.3) is 0 Å². The molecule has 14 heavy (non-hydrogen) atoms. The minimum Gasteiger partial charge on any atom is -0.394 e. The first-order chi connectivity index (χ1) is 6.81. The lowest BCUT2D eigenvalue weighted by Crippen LogP contribution is -2.49. The Labute approximate surface area is 84.3 Å². The Morgan fingerprint density at radius 1 is 1.57 bits per heavy atom. The molecule has 0 saturated carbocycles. The minimum atomic E-state index is -0.253. The number of hydrogen-bond acceptors (Lipinski definition) is 5. The van der Waals surface area contributed by atoms with Gasteiger partial charge >= 0.3 is 0 Å². The van der Waals surface area contributed by atoms with Crippen LogP contribution in [0.3, 0.4) is 0 Å². The molecule has 1 heterocycles. The molecule has 3 atom stereocenters. The van der Waals surface area contributed by atoms with E-state index in [0.29, 0.717) is 19.6 Å². The van der Waals surface area contributed by atoms with E-state index in [9.17, 15) is 0 Å². The third-order valence-corrected chi connectivity index (χ3v) is 2.40. The van der Waals surface area contributed by atoms with Gasteiger partial charge in [0.2, 0.25) is 0 Å². The molecule has 1 aliphatic heterocycles. The van der Waals surface area contributed by atoms with Gasteiger partial charge < -0.3 is 24.6 Å². The van der Waals surface area contributed by atoms with Gasteiger partial charge in [0.1, 0.15) is 0 Å². The molecular formula is C9H19NO4. The van der Waals surface area contributed by atoms with Crippen molar-refractivity contribution in [2.45, 2.75) is 24.9 Å². The van der Waals surface area contributed by atoms with E-state index in [1.165, 1.54) is 0 Å². The van der Waals surface area contributed by atoms with Crippen molar-refractivity contribution in [3.05, 3.63) is 0 Å². The molecule has 0 bridgehead atoms. The molecule has 0 aromatic heterocycles. The second-order valence-electron chi connectivity index (χ2n) is 3.26. The molecule has 5 nitrogen and oxygen atoms in total. The van der Waals surface area contributed by atoms with Crippen molar-refractivity contribution in [3.8, 4) is 0 Å². The third kappa shape index (κ3) is 3.18. The van der Waals surface area contributed by atoms with Gasteiger partial charge in [-0.1, -0.05) is 0 Å². The van der Waals surface area contributed by atoms with Crippen LogP contribution in [0.5, 0.6) is 0 Å². The van der Waals surface area contributed by atoms with E-state index in [4.69, 9.17) is 19.3 Å². The largest absolute Gasteiger partial charge is 0.394 e. The van der Waals surface area contributed by atoms with E-state index in [1.54, 1.807) is 7.11 Å². The van der Waals surface area contributed by atoms with Crippen molar-refractivity contribution >= 4 is 0 Å². The second kappa shape index (κ2) is 6.31. The zero-order valence-corrected chi connectivity index (χ0v) is 8.73. The number of likely N-dealkylation sites (N-methyl/N-ethyl adjacent to an activating group) is 1. The zero-order valence-electron chi connectivity index (χ0n) is 8.73. The Kier molecular flexibility index (Phi) is 5.36. The summed E-state index contributed by atoms with van der Waals surface area (Å²) in [5, 5.41) is 11.7. The smallest absolute Gasteiger partial charge is 0.160 e. The van der Waals surface area contributed by atoms with Gasteiger partial charge in [-0.3, -0.25) is 0 Å². The van der Waals surface area contributed by atoms with E-state index in [1.807, 2.05) is 7.05 Å². The van der Waals surface area contributed by atoms with Crippen LogP contribution in [0.1, 0.15) is 6.42 Å². The highest BCUT2D eigenvalue weighted by molar-refractivity contribution is 4.80. The molecule has 0 spiro atoms. The number of hydrogen-bond donors (Lipinski definition) is 2. The normalized spacial score (nSPS) is 33.2. The molecule has 1 rings (SSSR count). The maximum atomic E-state index is 8.59. The van der Waals surface area contributed by atoms with Gasteiger partial charge in [-0.25, -0.2) is 0 Å². The maximum absolute atomic E-state index is 8.59. The molecule has 0 aromatic carbocycles. The Hall–Kier alpha value is -0.200. The molecule has 1 aliphatic rings. The lowest BCUT2D eigenvalue weighted by molar-refractivity contribution is -0.200. The van der Waals surface area contributed by atoms with Crippen molar-refractivity contribution in [3.63, 3.8) is 0 Å². The highest BCUT2D eigenvalue weighted by Crippen LogP contribution is 2.17. The fraction of sp³-hybridized carbons (Fsp3) is 1.00. The van der Waals surface area contributed by atoms with E-state index in [2.05, 4.69) is 5.32 Å². The highest BCUT2D eigenvalue weighted by atomic mass is 16.7. The summed E-state index contributed by atoms with van der Waals surface area (Å²) in [5.41, 5.74) is 0. The van der Waals surface area contributed by atoms with Gasteiger partial charge in [-0.05, 0) is 7.05 Å². The second-order valence-corrected chi connectivity index (χ2v) is 3.26. The van der Waals surface area contributed by atoms with E-state index in [0.717, 1.165) is 0 Å². The summed E-state index contributed by atoms with van der Waals surface area (Å²) in [7, 11) is 3.57. The third-order valence-electron chi connectivity index (χ3n) is 2.40. The predicted molar refractivity (Wildman–Crippen MR) is 51.0 cm³/mol. The molecule has 0 aromatic rings. The van der Waals surface area contributed by atoms with Gasteiger partial charge in [0.15, 0.2) is 6.29 Å². The van der Waals surface area contributed by atoms with Crippen LogP contribution >= 0.6 is 0 Å². The predicted octanol–water partition coefficient (Wildman–Crippen LogP) is -0.655. The first-order valence-electron chi connectivity index (χ1n) is 4.86. The Balaban J connectivity index is 2.32. The van der Waals surface area contributed by atoms with Crippen molar-refractivity contribution in [1.29, 1.82) is 0 Å². The van der Waals surface area contributed by atoms with Crippen LogP contribution in [0, 0.1) is 0 Å². The maximum Gasteiger partial charge on any atom is 0.160 e. The summed E-state index contributed by atoms with van der Waals surface area (Å²) in [5.74, 6) is 0. The highest BCUT2D eigenvalue weighted by Gasteiger charge is 2.30. The summed E-state index contributed by atoms with van der Waals surface area (Å²) in [6, 6.07) is 0.217. The summed E-state index contributed by atoms with van der Waals surface area (Å²) >= 11 is 0. The van der Waals surface area contributed by atoms with Gasteiger partial charge in [-0.15, -0.1) is 0 Å². The molecule has 0 aliphatic carbocycles. The average Bonchev–Trinajstić information content (AvgIpc) is 2.25. The fourth-order valence-corrected chi connectivity index (χ4v) is 1.57. The van der Waals surface area contributed by atoms with Crippen LogP contribution in [-0.4, -0.2) is 57.5 Å². The summed E-state index contributed by atoms with van der Waals surface area (Å²) in [4.78, 5) is 0. The van der Waals surface area contributed by atoms with Crippen molar-refractivity contribution in [1.82, 2.24) is 5.32 Å². The minimum absolute atomic E-state index is 0.0208. The molecule has 2 N–H and O–H groups in total.